The Morgan fingerprint density at radius 2 is 1.55 bits per heavy atom. The molecule has 0 radical (unpaired) electrons. The molecule has 0 fully saturated rings. The largest absolute Gasteiger partial charge is 0.334 e. The number of hydrogen-bond donors (Lipinski definition) is 3. The van der Waals surface area contributed by atoms with Gasteiger partial charge in [0.1, 0.15) is 0 Å². The summed E-state index contributed by atoms with van der Waals surface area (Å²) in [7, 11) is -3.78. The van der Waals surface area contributed by atoms with E-state index in [1.54, 1.807) is 0 Å². The maximum absolute atomic E-state index is 12.4. The van der Waals surface area contributed by atoms with Crippen molar-refractivity contribution in [2.75, 3.05) is 5.32 Å². The van der Waals surface area contributed by atoms with Crippen LogP contribution in [0.25, 0.3) is 11.3 Å². The third-order valence-corrected chi connectivity index (χ3v) is 5.88. The number of aromatic nitrogens is 2. The van der Waals surface area contributed by atoms with Crippen molar-refractivity contribution >= 4 is 21.7 Å². The molecule has 0 aliphatic carbocycles. The van der Waals surface area contributed by atoms with Crippen molar-refractivity contribution in [3.05, 3.63) is 102 Å². The van der Waals surface area contributed by atoms with E-state index in [4.69, 9.17) is 10.2 Å². The van der Waals surface area contributed by atoms with Crippen LogP contribution in [-0.4, -0.2) is 24.2 Å². The lowest BCUT2D eigenvalue weighted by Crippen LogP contribution is -2.28. The minimum atomic E-state index is -3.78. The molecule has 0 saturated heterocycles. The molecule has 0 atom stereocenters. The fraction of sp³-hybridized carbons (Fsp3) is 0.0833. The molecule has 3 aromatic carbocycles. The summed E-state index contributed by atoms with van der Waals surface area (Å²) < 4.78 is 24.6. The quantitative estimate of drug-likeness (QED) is 0.390. The van der Waals surface area contributed by atoms with Gasteiger partial charge in [0.05, 0.1) is 17.1 Å². The molecule has 4 aromatic rings. The Hall–Kier alpha value is -3.95. The summed E-state index contributed by atoms with van der Waals surface area (Å²) in [5.41, 5.74) is 4.20. The number of carbonyl (C=O) groups excluding carboxylic acids is 1. The summed E-state index contributed by atoms with van der Waals surface area (Å²) in [6.45, 7) is 0.878. The van der Waals surface area contributed by atoms with E-state index in [2.05, 4.69) is 10.6 Å². The normalized spacial score (nSPS) is 11.2. The van der Waals surface area contributed by atoms with Gasteiger partial charge in [0.2, 0.25) is 10.0 Å². The van der Waals surface area contributed by atoms with Crippen molar-refractivity contribution in [3.63, 3.8) is 0 Å². The summed E-state index contributed by atoms with van der Waals surface area (Å²) in [6, 6.07) is 25.0. The molecule has 0 saturated carbocycles. The van der Waals surface area contributed by atoms with Crippen LogP contribution >= 0.6 is 0 Å². The van der Waals surface area contributed by atoms with Crippen molar-refractivity contribution in [1.29, 1.82) is 0 Å². The summed E-state index contributed by atoms with van der Waals surface area (Å²) in [5, 5.41) is 15.4. The maximum Gasteiger partial charge on any atom is 0.319 e. The van der Waals surface area contributed by atoms with Gasteiger partial charge in [0.15, 0.2) is 0 Å². The van der Waals surface area contributed by atoms with Crippen molar-refractivity contribution in [3.8, 4) is 11.3 Å². The lowest BCUT2D eigenvalue weighted by atomic mass is 10.1. The monoisotopic (exact) mass is 461 g/mol. The number of nitrogens with two attached hydrogens (primary N) is 1. The number of nitrogens with one attached hydrogen (secondary N) is 2. The topological polar surface area (TPSA) is 119 Å². The molecule has 0 spiro atoms. The van der Waals surface area contributed by atoms with Crippen molar-refractivity contribution in [1.82, 2.24) is 15.1 Å². The number of anilines is 1. The van der Waals surface area contributed by atoms with Crippen LogP contribution in [0.5, 0.6) is 0 Å². The van der Waals surface area contributed by atoms with E-state index in [9.17, 15) is 13.2 Å². The van der Waals surface area contributed by atoms with E-state index in [1.165, 1.54) is 24.3 Å². The SMILES string of the molecule is NS(=O)(=O)c1ccc(NC(=O)NCc2cn(Cc3ccccc3)nc2-c2ccccc2)cc1. The van der Waals surface area contributed by atoms with Crippen molar-refractivity contribution < 1.29 is 13.2 Å². The molecule has 1 heterocycles. The minimum absolute atomic E-state index is 0.0215. The van der Waals surface area contributed by atoms with Crippen LogP contribution < -0.4 is 15.8 Å². The number of benzene rings is 3. The fourth-order valence-electron chi connectivity index (χ4n) is 3.36. The van der Waals surface area contributed by atoms with Gasteiger partial charge in [-0.3, -0.25) is 4.68 Å². The molecule has 168 valence electrons. The zero-order valence-electron chi connectivity index (χ0n) is 17.7. The van der Waals surface area contributed by atoms with E-state index in [1.807, 2.05) is 71.5 Å². The minimum Gasteiger partial charge on any atom is -0.334 e. The van der Waals surface area contributed by atoms with Crippen LogP contribution in [0.4, 0.5) is 10.5 Å². The number of hydrogen-bond acceptors (Lipinski definition) is 4. The average Bonchev–Trinajstić information content (AvgIpc) is 3.21. The summed E-state index contributed by atoms with van der Waals surface area (Å²) >= 11 is 0. The number of urea groups is 1. The molecule has 8 nitrogen and oxygen atoms in total. The van der Waals surface area contributed by atoms with Crippen LogP contribution in [0.3, 0.4) is 0 Å². The molecular weight excluding hydrogens is 438 g/mol. The van der Waals surface area contributed by atoms with Crippen molar-refractivity contribution in [2.24, 2.45) is 5.14 Å². The van der Waals surface area contributed by atoms with E-state index in [-0.39, 0.29) is 11.4 Å². The van der Waals surface area contributed by atoms with Crippen LogP contribution in [0.15, 0.2) is 96.0 Å². The highest BCUT2D eigenvalue weighted by Gasteiger charge is 2.13. The van der Waals surface area contributed by atoms with Crippen LogP contribution in [-0.2, 0) is 23.1 Å². The third-order valence-electron chi connectivity index (χ3n) is 4.95. The second-order valence-corrected chi connectivity index (χ2v) is 8.99. The Bertz CT molecular complexity index is 1340. The first kappa shape index (κ1) is 22.3. The molecule has 1 aromatic heterocycles. The number of amides is 2. The van der Waals surface area contributed by atoms with Gasteiger partial charge in [-0.1, -0.05) is 60.7 Å². The number of sulfonamides is 1. The smallest absolute Gasteiger partial charge is 0.319 e. The molecule has 2 amide bonds. The first-order chi connectivity index (χ1) is 15.9. The number of rotatable bonds is 7. The van der Waals surface area contributed by atoms with Crippen LogP contribution in [0.2, 0.25) is 0 Å². The van der Waals surface area contributed by atoms with Gasteiger partial charge in [-0.2, -0.15) is 5.10 Å². The van der Waals surface area contributed by atoms with Gasteiger partial charge in [0.25, 0.3) is 0 Å². The van der Waals surface area contributed by atoms with E-state index < -0.39 is 16.1 Å². The Morgan fingerprint density at radius 3 is 2.18 bits per heavy atom. The zero-order valence-corrected chi connectivity index (χ0v) is 18.5. The molecule has 0 aliphatic heterocycles. The van der Waals surface area contributed by atoms with Gasteiger partial charge >= 0.3 is 6.03 Å². The number of carbonyl (C=O) groups is 1. The Morgan fingerprint density at radius 1 is 0.909 bits per heavy atom. The van der Waals surface area contributed by atoms with Crippen LogP contribution in [0, 0.1) is 0 Å². The van der Waals surface area contributed by atoms with Gasteiger partial charge in [-0.15, -0.1) is 0 Å². The number of primary sulfonamides is 1. The summed E-state index contributed by atoms with van der Waals surface area (Å²) in [6.07, 6.45) is 1.93. The molecule has 33 heavy (non-hydrogen) atoms. The zero-order chi connectivity index (χ0) is 23.3. The Kier molecular flexibility index (Phi) is 6.53. The Labute approximate surface area is 192 Å². The van der Waals surface area contributed by atoms with Gasteiger partial charge in [-0.25, -0.2) is 18.4 Å². The predicted octanol–water partition coefficient (Wildman–Crippen LogP) is 3.57. The number of nitrogens with zero attached hydrogens (tertiary/aromatic N) is 2. The molecule has 9 heteroatoms. The standard InChI is InChI=1S/C24H23N5O3S/c25-33(31,32)22-13-11-21(12-14-22)27-24(30)26-15-20-17-29(16-18-7-3-1-4-8-18)28-23(20)19-9-5-2-6-10-19/h1-14,17H,15-16H2,(H2,25,31,32)(H2,26,27,30). The molecule has 4 rings (SSSR count). The van der Waals surface area contributed by atoms with E-state index in [0.717, 1.165) is 22.4 Å². The fourth-order valence-corrected chi connectivity index (χ4v) is 3.88. The second-order valence-electron chi connectivity index (χ2n) is 7.43. The Balaban J connectivity index is 1.47. The lowest BCUT2D eigenvalue weighted by molar-refractivity contribution is 0.252. The second kappa shape index (κ2) is 9.68. The van der Waals surface area contributed by atoms with E-state index >= 15 is 0 Å². The van der Waals surface area contributed by atoms with Crippen molar-refractivity contribution in [2.45, 2.75) is 18.0 Å². The van der Waals surface area contributed by atoms with Gasteiger partial charge < -0.3 is 10.6 Å². The molecule has 0 aliphatic rings. The first-order valence-corrected chi connectivity index (χ1v) is 11.8. The van der Waals surface area contributed by atoms with Gasteiger partial charge in [0, 0.05) is 29.6 Å². The predicted molar refractivity (Wildman–Crippen MR) is 127 cm³/mol. The van der Waals surface area contributed by atoms with E-state index in [0.29, 0.717) is 12.2 Å². The highest BCUT2D eigenvalue weighted by atomic mass is 32.2. The summed E-state index contributed by atoms with van der Waals surface area (Å²) in [5.74, 6) is 0. The highest BCUT2D eigenvalue weighted by Crippen LogP contribution is 2.22. The average molecular weight is 462 g/mol. The molecule has 4 N–H and O–H groups in total. The lowest BCUT2D eigenvalue weighted by Gasteiger charge is -2.08. The first-order valence-electron chi connectivity index (χ1n) is 10.2. The maximum atomic E-state index is 12.4. The van der Waals surface area contributed by atoms with Gasteiger partial charge in [-0.05, 0) is 29.8 Å². The third kappa shape index (κ3) is 5.85. The summed E-state index contributed by atoms with van der Waals surface area (Å²) in [4.78, 5) is 12.4. The molecule has 0 unspecified atom stereocenters. The molecular formula is C24H23N5O3S. The molecule has 0 bridgehead atoms. The highest BCUT2D eigenvalue weighted by molar-refractivity contribution is 7.89. The van der Waals surface area contributed by atoms with Crippen LogP contribution in [0.1, 0.15) is 11.1 Å².